The third-order valence-electron chi connectivity index (χ3n) is 5.54. The van der Waals surface area contributed by atoms with Crippen LogP contribution in [0.15, 0.2) is 54.9 Å². The number of aromatic amines is 1. The lowest BCUT2D eigenvalue weighted by atomic mass is 9.94. The highest BCUT2D eigenvalue weighted by atomic mass is 16.2. The summed E-state index contributed by atoms with van der Waals surface area (Å²) in [6, 6.07) is 13.8. The Hall–Kier alpha value is -3.64. The molecule has 0 radical (unpaired) electrons. The number of nitrogens with one attached hydrogen (secondary N) is 2. The maximum Gasteiger partial charge on any atom is 0.259 e. The number of amides is 2. The zero-order chi connectivity index (χ0) is 20.1. The van der Waals surface area contributed by atoms with Crippen LogP contribution in [0.2, 0.25) is 0 Å². The quantitative estimate of drug-likeness (QED) is 0.472. The summed E-state index contributed by atoms with van der Waals surface area (Å²) in [5.41, 5.74) is 11.1. The summed E-state index contributed by atoms with van der Waals surface area (Å²) < 4.78 is 2.05. The van der Waals surface area contributed by atoms with Gasteiger partial charge in [0.25, 0.3) is 11.8 Å². The van der Waals surface area contributed by atoms with Crippen molar-refractivity contribution in [3.8, 4) is 0 Å². The van der Waals surface area contributed by atoms with Crippen molar-refractivity contribution < 1.29 is 9.59 Å². The van der Waals surface area contributed by atoms with Crippen molar-refractivity contribution in [2.24, 2.45) is 5.73 Å². The molecule has 5 rings (SSSR count). The van der Waals surface area contributed by atoms with Crippen LogP contribution in [0.25, 0.3) is 33.0 Å². The molecule has 29 heavy (non-hydrogen) atoms. The maximum atomic E-state index is 12.9. The van der Waals surface area contributed by atoms with Gasteiger partial charge in [-0.2, -0.15) is 0 Å². The van der Waals surface area contributed by atoms with Gasteiger partial charge in [0.05, 0.1) is 11.1 Å². The fourth-order valence-electron chi connectivity index (χ4n) is 4.29. The number of hydrogen-bond acceptors (Lipinski definition) is 3. The van der Waals surface area contributed by atoms with E-state index in [1.54, 1.807) is 6.20 Å². The highest BCUT2D eigenvalue weighted by Crippen LogP contribution is 2.39. The van der Waals surface area contributed by atoms with Crippen LogP contribution in [0.1, 0.15) is 16.7 Å². The van der Waals surface area contributed by atoms with E-state index in [1.807, 2.05) is 60.2 Å². The lowest BCUT2D eigenvalue weighted by molar-refractivity contribution is -0.122. The second-order valence-corrected chi connectivity index (χ2v) is 7.28. The minimum Gasteiger partial charge on any atom is -0.361 e. The number of nitrogens with zero attached hydrogens (tertiary/aromatic N) is 1. The molecule has 4 N–H and O–H groups in total. The van der Waals surface area contributed by atoms with E-state index < -0.39 is 0 Å². The van der Waals surface area contributed by atoms with Crippen LogP contribution in [0, 0.1) is 6.92 Å². The Morgan fingerprint density at radius 1 is 0.966 bits per heavy atom. The molecule has 1 aliphatic rings. The topological polar surface area (TPSA) is 92.9 Å². The predicted octanol–water partition coefficient (Wildman–Crippen LogP) is 2.96. The normalized spacial score (nSPS) is 14.4. The molecule has 0 spiro atoms. The fourth-order valence-corrected chi connectivity index (χ4v) is 4.29. The molecule has 2 aromatic heterocycles. The Labute approximate surface area is 167 Å². The Balaban J connectivity index is 1.86. The van der Waals surface area contributed by atoms with Crippen molar-refractivity contribution in [3.63, 3.8) is 0 Å². The molecule has 6 nitrogen and oxygen atoms in total. The Morgan fingerprint density at radius 2 is 1.72 bits per heavy atom. The number of aromatic nitrogens is 2. The van der Waals surface area contributed by atoms with Gasteiger partial charge in [-0.05, 0) is 24.6 Å². The SMILES string of the molecule is Cc1cccc2c1c(C1=C(c3c[nH]c4ccccc34)C(=O)NC1=O)cn2CCN. The summed E-state index contributed by atoms with van der Waals surface area (Å²) >= 11 is 0. The molecule has 2 aromatic carbocycles. The first-order valence-corrected chi connectivity index (χ1v) is 9.55. The molecule has 2 amide bonds. The average molecular weight is 384 g/mol. The molecule has 0 saturated heterocycles. The first kappa shape index (κ1) is 17.5. The summed E-state index contributed by atoms with van der Waals surface area (Å²) in [4.78, 5) is 28.9. The van der Waals surface area contributed by atoms with Crippen molar-refractivity contribution in [2.45, 2.75) is 13.5 Å². The number of carbonyl (C=O) groups is 2. The van der Waals surface area contributed by atoms with Gasteiger partial charge < -0.3 is 15.3 Å². The minimum absolute atomic E-state index is 0.370. The molecule has 4 aromatic rings. The van der Waals surface area contributed by atoms with Crippen LogP contribution in [0.3, 0.4) is 0 Å². The first-order valence-electron chi connectivity index (χ1n) is 9.55. The molecule has 0 fully saturated rings. The Bertz CT molecular complexity index is 1340. The van der Waals surface area contributed by atoms with Gasteiger partial charge in [0.15, 0.2) is 0 Å². The van der Waals surface area contributed by atoms with Crippen LogP contribution >= 0.6 is 0 Å². The maximum absolute atomic E-state index is 12.9. The Morgan fingerprint density at radius 3 is 2.52 bits per heavy atom. The third-order valence-corrected chi connectivity index (χ3v) is 5.54. The van der Waals surface area contributed by atoms with E-state index in [4.69, 9.17) is 5.73 Å². The van der Waals surface area contributed by atoms with E-state index in [9.17, 15) is 9.59 Å². The molecule has 0 atom stereocenters. The van der Waals surface area contributed by atoms with Crippen molar-refractivity contribution in [1.82, 2.24) is 14.9 Å². The molecule has 0 saturated carbocycles. The number of fused-ring (bicyclic) bond motifs is 2. The van der Waals surface area contributed by atoms with E-state index in [2.05, 4.69) is 10.3 Å². The third kappa shape index (κ3) is 2.53. The fraction of sp³-hybridized carbons (Fsp3) is 0.130. The molecule has 0 bridgehead atoms. The van der Waals surface area contributed by atoms with Gasteiger partial charge in [0.1, 0.15) is 0 Å². The standard InChI is InChI=1S/C23H20N4O2/c1-13-5-4-8-18-19(13)16(12-27(18)10-9-24)21-20(22(28)26-23(21)29)15-11-25-17-7-3-2-6-14(15)17/h2-8,11-12,25H,9-10,24H2,1H3,(H,26,28,29). The van der Waals surface area contributed by atoms with E-state index in [-0.39, 0.29) is 11.8 Å². The molecule has 3 heterocycles. The van der Waals surface area contributed by atoms with Crippen LogP contribution in [0.5, 0.6) is 0 Å². The smallest absolute Gasteiger partial charge is 0.259 e. The molecular formula is C23H20N4O2. The number of para-hydroxylation sites is 1. The molecular weight excluding hydrogens is 364 g/mol. The lowest BCUT2D eigenvalue weighted by Gasteiger charge is -2.05. The van der Waals surface area contributed by atoms with Crippen molar-refractivity contribution in [1.29, 1.82) is 0 Å². The number of nitrogens with two attached hydrogens (primary N) is 1. The van der Waals surface area contributed by atoms with Crippen LogP contribution in [0.4, 0.5) is 0 Å². The Kier molecular flexibility index (Phi) is 3.89. The number of imide groups is 1. The number of aryl methyl sites for hydroxylation is 1. The summed E-state index contributed by atoms with van der Waals surface area (Å²) in [5.74, 6) is -0.742. The highest BCUT2D eigenvalue weighted by Gasteiger charge is 2.35. The summed E-state index contributed by atoms with van der Waals surface area (Å²) in [6.07, 6.45) is 3.73. The second-order valence-electron chi connectivity index (χ2n) is 7.28. The first-order chi connectivity index (χ1) is 14.1. The van der Waals surface area contributed by atoms with E-state index in [0.717, 1.165) is 38.5 Å². The van der Waals surface area contributed by atoms with Crippen molar-refractivity contribution in [2.75, 3.05) is 6.54 Å². The van der Waals surface area contributed by atoms with E-state index in [0.29, 0.717) is 24.2 Å². The monoisotopic (exact) mass is 384 g/mol. The number of rotatable bonds is 4. The van der Waals surface area contributed by atoms with Gasteiger partial charge >= 0.3 is 0 Å². The average Bonchev–Trinajstić information content (AvgIpc) is 3.36. The van der Waals surface area contributed by atoms with Gasteiger partial charge in [-0.3, -0.25) is 14.9 Å². The van der Waals surface area contributed by atoms with E-state index in [1.165, 1.54) is 0 Å². The second kappa shape index (κ2) is 6.46. The highest BCUT2D eigenvalue weighted by molar-refractivity contribution is 6.50. The number of H-pyrrole nitrogens is 1. The van der Waals surface area contributed by atoms with Crippen molar-refractivity contribution >= 4 is 44.8 Å². The molecule has 144 valence electrons. The minimum atomic E-state index is -0.372. The van der Waals surface area contributed by atoms with Gasteiger partial charge in [0, 0.05) is 58.4 Å². The van der Waals surface area contributed by atoms with Crippen LogP contribution < -0.4 is 11.1 Å². The lowest BCUT2D eigenvalue weighted by Crippen LogP contribution is -2.22. The number of hydrogen-bond donors (Lipinski definition) is 3. The van der Waals surface area contributed by atoms with Crippen molar-refractivity contribution in [3.05, 3.63) is 71.5 Å². The van der Waals surface area contributed by atoms with Crippen LogP contribution in [-0.2, 0) is 16.1 Å². The number of carbonyl (C=O) groups excluding carboxylic acids is 2. The van der Waals surface area contributed by atoms with Gasteiger partial charge in [-0.25, -0.2) is 0 Å². The zero-order valence-electron chi connectivity index (χ0n) is 16.0. The predicted molar refractivity (Wildman–Crippen MR) is 114 cm³/mol. The molecule has 1 aliphatic heterocycles. The summed E-state index contributed by atoms with van der Waals surface area (Å²) in [6.45, 7) is 3.13. The van der Waals surface area contributed by atoms with E-state index >= 15 is 0 Å². The molecule has 0 aliphatic carbocycles. The van der Waals surface area contributed by atoms with Gasteiger partial charge in [-0.15, -0.1) is 0 Å². The molecule has 6 heteroatoms. The molecule has 0 unspecified atom stereocenters. The van der Waals surface area contributed by atoms with Gasteiger partial charge in [0.2, 0.25) is 0 Å². The number of benzene rings is 2. The van der Waals surface area contributed by atoms with Gasteiger partial charge in [-0.1, -0.05) is 30.3 Å². The summed E-state index contributed by atoms with van der Waals surface area (Å²) in [5, 5.41) is 4.37. The van der Waals surface area contributed by atoms with Crippen LogP contribution in [-0.4, -0.2) is 27.9 Å². The largest absolute Gasteiger partial charge is 0.361 e. The summed E-state index contributed by atoms with van der Waals surface area (Å²) in [7, 11) is 0. The zero-order valence-corrected chi connectivity index (χ0v) is 16.0.